The van der Waals surface area contributed by atoms with Gasteiger partial charge in [0.05, 0.1) is 6.61 Å². The Morgan fingerprint density at radius 2 is 2.43 bits per heavy atom. The van der Waals surface area contributed by atoms with Gasteiger partial charge in [0.25, 0.3) is 0 Å². The number of hydrogen-bond donors (Lipinski definition) is 0. The summed E-state index contributed by atoms with van der Waals surface area (Å²) >= 11 is 0. The van der Waals surface area contributed by atoms with Crippen LogP contribution in [0.1, 0.15) is 39.0 Å². The van der Waals surface area contributed by atoms with Crippen LogP contribution in [0, 0.1) is 0 Å². The summed E-state index contributed by atoms with van der Waals surface area (Å²) in [7, 11) is 3.93. The zero-order valence-electron chi connectivity index (χ0n) is 8.66. The molecule has 0 N–H and O–H groups in total. The molecule has 0 saturated carbocycles. The van der Waals surface area contributed by atoms with Crippen LogP contribution in [0.3, 0.4) is 0 Å². The van der Waals surface area contributed by atoms with Crippen molar-refractivity contribution in [1.29, 1.82) is 0 Å². The second-order valence-electron chi connectivity index (χ2n) is 3.44. The summed E-state index contributed by atoms with van der Waals surface area (Å²) < 4.78 is 5.00. The predicted molar refractivity (Wildman–Crippen MR) is 63.6 cm³/mol. The van der Waals surface area contributed by atoms with Crippen molar-refractivity contribution in [2.75, 3.05) is 12.4 Å². The van der Waals surface area contributed by atoms with E-state index >= 15 is 0 Å². The van der Waals surface area contributed by atoms with Crippen molar-refractivity contribution in [2.45, 2.75) is 44.3 Å². The quantitative estimate of drug-likeness (QED) is 0.520. The summed E-state index contributed by atoms with van der Waals surface area (Å²) in [6.07, 6.45) is 4.97. The van der Waals surface area contributed by atoms with Gasteiger partial charge in [0.2, 0.25) is 0 Å². The Morgan fingerprint density at radius 3 is 3.07 bits per heavy atom. The van der Waals surface area contributed by atoms with Crippen LogP contribution < -0.4 is 0 Å². The van der Waals surface area contributed by atoms with E-state index in [0.717, 1.165) is 18.1 Å². The topological polar surface area (TPSA) is 26.3 Å². The number of ether oxygens (including phenoxy) is 1. The summed E-state index contributed by atoms with van der Waals surface area (Å²) in [5.74, 6) is 1.25. The van der Waals surface area contributed by atoms with Crippen molar-refractivity contribution in [1.82, 2.24) is 0 Å². The van der Waals surface area contributed by atoms with Crippen LogP contribution in [-0.4, -0.2) is 23.6 Å². The fraction of sp³-hybridized carbons (Fsp3) is 0.900. The highest BCUT2D eigenvalue weighted by Gasteiger charge is 2.16. The van der Waals surface area contributed by atoms with Crippen molar-refractivity contribution < 1.29 is 9.53 Å². The van der Waals surface area contributed by atoms with Gasteiger partial charge in [-0.15, -0.1) is 0 Å². The number of carbonyl (C=O) groups is 1. The van der Waals surface area contributed by atoms with Crippen molar-refractivity contribution in [3.05, 3.63) is 0 Å². The van der Waals surface area contributed by atoms with Gasteiger partial charge in [-0.05, 0) is 25.7 Å². The first-order valence-corrected chi connectivity index (χ1v) is 7.65. The molecule has 0 aliphatic carbocycles. The molecule has 0 radical (unpaired) electrons. The van der Waals surface area contributed by atoms with Gasteiger partial charge in [-0.2, -0.15) is 0 Å². The molecule has 0 amide bonds. The van der Waals surface area contributed by atoms with Gasteiger partial charge >= 0.3 is 5.97 Å². The zero-order valence-corrected chi connectivity index (χ0v) is 10.3. The second kappa shape index (κ2) is 7.46. The fourth-order valence-corrected chi connectivity index (χ4v) is 4.35. The van der Waals surface area contributed by atoms with Gasteiger partial charge in [0, 0.05) is 17.4 Å². The molecule has 0 spiro atoms. The Balaban J connectivity index is 1.94. The van der Waals surface area contributed by atoms with E-state index in [9.17, 15) is 4.79 Å². The third kappa shape index (κ3) is 5.15. The minimum Gasteiger partial charge on any atom is -0.466 e. The molecule has 1 fully saturated rings. The van der Waals surface area contributed by atoms with Crippen LogP contribution in [0.5, 0.6) is 0 Å². The molecular formula is C10H18O2S2. The maximum absolute atomic E-state index is 11.1. The highest BCUT2D eigenvalue weighted by molar-refractivity contribution is 8.77. The lowest BCUT2D eigenvalue weighted by Gasteiger charge is -2.06. The molecule has 2 nitrogen and oxygen atoms in total. The normalized spacial score (nSPS) is 21.1. The van der Waals surface area contributed by atoms with Crippen LogP contribution in [0.4, 0.5) is 0 Å². The van der Waals surface area contributed by atoms with E-state index in [1.807, 2.05) is 28.5 Å². The predicted octanol–water partition coefficient (Wildman–Crippen LogP) is 3.26. The first kappa shape index (κ1) is 12.2. The SMILES string of the molecule is CCCOC(=O)CCCC1CCSS1. The highest BCUT2D eigenvalue weighted by Crippen LogP contribution is 2.39. The maximum atomic E-state index is 11.1. The number of rotatable bonds is 6. The number of esters is 1. The largest absolute Gasteiger partial charge is 0.466 e. The van der Waals surface area contributed by atoms with Crippen LogP contribution in [-0.2, 0) is 9.53 Å². The molecule has 1 rings (SSSR count). The summed E-state index contributed by atoms with van der Waals surface area (Å²) in [6, 6.07) is 0. The van der Waals surface area contributed by atoms with Crippen LogP contribution in [0.2, 0.25) is 0 Å². The van der Waals surface area contributed by atoms with Crippen LogP contribution >= 0.6 is 21.6 Å². The maximum Gasteiger partial charge on any atom is 0.305 e. The lowest BCUT2D eigenvalue weighted by Crippen LogP contribution is -2.06. The van der Waals surface area contributed by atoms with Gasteiger partial charge in [-0.3, -0.25) is 4.79 Å². The van der Waals surface area contributed by atoms with Crippen molar-refractivity contribution in [3.8, 4) is 0 Å². The van der Waals surface area contributed by atoms with Crippen molar-refractivity contribution >= 4 is 27.6 Å². The van der Waals surface area contributed by atoms with E-state index in [2.05, 4.69) is 0 Å². The van der Waals surface area contributed by atoms with Gasteiger partial charge in [0.15, 0.2) is 0 Å². The number of hydrogen-bond acceptors (Lipinski definition) is 4. The average Bonchev–Trinajstić information content (AvgIpc) is 2.67. The smallest absolute Gasteiger partial charge is 0.305 e. The summed E-state index contributed by atoms with van der Waals surface area (Å²) in [4.78, 5) is 11.1. The Labute approximate surface area is 93.9 Å². The number of carbonyl (C=O) groups excluding carboxylic acids is 1. The standard InChI is InChI=1S/C10H18O2S2/c1-2-7-12-10(11)5-3-4-9-6-8-13-14-9/h9H,2-8H2,1H3. The Hall–Kier alpha value is 0.170. The van der Waals surface area contributed by atoms with Gasteiger partial charge < -0.3 is 4.74 Å². The molecule has 1 unspecified atom stereocenters. The van der Waals surface area contributed by atoms with E-state index in [1.54, 1.807) is 0 Å². The minimum absolute atomic E-state index is 0.0255. The molecule has 1 atom stereocenters. The lowest BCUT2D eigenvalue weighted by atomic mass is 10.1. The molecule has 0 bridgehead atoms. The molecule has 4 heteroatoms. The molecule has 1 heterocycles. The van der Waals surface area contributed by atoms with E-state index in [4.69, 9.17) is 4.74 Å². The Bertz CT molecular complexity index is 168. The fourth-order valence-electron chi connectivity index (χ4n) is 1.33. The van der Waals surface area contributed by atoms with Crippen molar-refractivity contribution in [3.63, 3.8) is 0 Å². The molecule has 1 saturated heterocycles. The first-order valence-electron chi connectivity index (χ1n) is 5.27. The molecule has 82 valence electrons. The monoisotopic (exact) mass is 234 g/mol. The van der Waals surface area contributed by atoms with E-state index in [1.165, 1.54) is 18.6 Å². The van der Waals surface area contributed by atoms with E-state index in [-0.39, 0.29) is 5.97 Å². The minimum atomic E-state index is -0.0255. The molecule has 1 aliphatic rings. The zero-order chi connectivity index (χ0) is 10.2. The van der Waals surface area contributed by atoms with E-state index in [0.29, 0.717) is 13.0 Å². The Kier molecular flexibility index (Phi) is 6.52. The third-order valence-corrected chi connectivity index (χ3v) is 5.11. The van der Waals surface area contributed by atoms with Crippen LogP contribution in [0.15, 0.2) is 0 Å². The van der Waals surface area contributed by atoms with E-state index < -0.39 is 0 Å². The van der Waals surface area contributed by atoms with Gasteiger partial charge in [-0.1, -0.05) is 28.5 Å². The van der Waals surface area contributed by atoms with Gasteiger partial charge in [-0.25, -0.2) is 0 Å². The van der Waals surface area contributed by atoms with Crippen molar-refractivity contribution in [2.24, 2.45) is 0 Å². The molecule has 0 aromatic rings. The average molecular weight is 234 g/mol. The first-order chi connectivity index (χ1) is 6.83. The summed E-state index contributed by atoms with van der Waals surface area (Å²) in [6.45, 7) is 2.59. The molecule has 0 aromatic heterocycles. The third-order valence-electron chi connectivity index (χ3n) is 2.10. The molecule has 1 aliphatic heterocycles. The lowest BCUT2D eigenvalue weighted by molar-refractivity contribution is -0.143. The molecule has 0 aromatic carbocycles. The summed E-state index contributed by atoms with van der Waals surface area (Å²) in [5, 5.41) is 0.777. The second-order valence-corrected chi connectivity index (χ2v) is 6.23. The van der Waals surface area contributed by atoms with Gasteiger partial charge in [0.1, 0.15) is 0 Å². The molecular weight excluding hydrogens is 216 g/mol. The Morgan fingerprint density at radius 1 is 1.57 bits per heavy atom. The summed E-state index contributed by atoms with van der Waals surface area (Å²) in [5.41, 5.74) is 0. The molecule has 14 heavy (non-hydrogen) atoms. The van der Waals surface area contributed by atoms with Crippen LogP contribution in [0.25, 0.3) is 0 Å². The highest BCUT2D eigenvalue weighted by atomic mass is 33.1.